The van der Waals surface area contributed by atoms with Crippen LogP contribution in [0, 0.1) is 0 Å². The molecule has 1 saturated heterocycles. The van der Waals surface area contributed by atoms with Crippen LogP contribution in [0.3, 0.4) is 0 Å². The second-order valence-electron chi connectivity index (χ2n) is 5.34. The van der Waals surface area contributed by atoms with E-state index >= 15 is 0 Å². The highest BCUT2D eigenvalue weighted by Crippen LogP contribution is 2.32. The zero-order valence-electron chi connectivity index (χ0n) is 13.3. The van der Waals surface area contributed by atoms with Crippen molar-refractivity contribution in [3.05, 3.63) is 23.8 Å². The van der Waals surface area contributed by atoms with Crippen LogP contribution in [0.5, 0.6) is 11.5 Å². The lowest BCUT2D eigenvalue weighted by Gasteiger charge is -2.38. The predicted octanol–water partition coefficient (Wildman–Crippen LogP) is 2.15. The second-order valence-corrected chi connectivity index (χ2v) is 5.61. The average Bonchev–Trinajstić information content (AvgIpc) is 2.59. The number of benzene rings is 1. The minimum Gasteiger partial charge on any atom is -0.493 e. The van der Waals surface area contributed by atoms with E-state index in [2.05, 4.69) is 17.9 Å². The molecule has 1 aliphatic rings. The number of halogens is 1. The summed E-state index contributed by atoms with van der Waals surface area (Å²) in [6.45, 7) is 5.31. The Balaban J connectivity index is 2.03. The number of ether oxygens (including phenoxy) is 2. The molecule has 6 heteroatoms. The summed E-state index contributed by atoms with van der Waals surface area (Å²) in [5.41, 5.74) is 1.18. The van der Waals surface area contributed by atoms with Crippen LogP contribution in [0.2, 0.25) is 0 Å². The highest BCUT2D eigenvalue weighted by atomic mass is 35.5. The highest BCUT2D eigenvalue weighted by Gasteiger charge is 2.24. The zero-order valence-corrected chi connectivity index (χ0v) is 14.1. The fourth-order valence-corrected chi connectivity index (χ4v) is 2.94. The molecule has 1 fully saturated rings. The molecule has 1 aromatic rings. The van der Waals surface area contributed by atoms with Gasteiger partial charge in [-0.1, -0.05) is 6.07 Å². The second kappa shape index (κ2) is 7.70. The summed E-state index contributed by atoms with van der Waals surface area (Å²) in [4.78, 5) is 15.8. The number of hydrogen-bond donors (Lipinski definition) is 0. The van der Waals surface area contributed by atoms with Gasteiger partial charge in [0.1, 0.15) is 5.88 Å². The fraction of sp³-hybridized carbons (Fsp3) is 0.562. The van der Waals surface area contributed by atoms with E-state index in [0.717, 1.165) is 37.7 Å². The molecule has 0 N–H and O–H groups in total. The monoisotopic (exact) mass is 326 g/mol. The number of amides is 1. The van der Waals surface area contributed by atoms with Gasteiger partial charge in [0.05, 0.1) is 14.2 Å². The molecule has 1 heterocycles. The molecule has 0 aromatic heterocycles. The lowest BCUT2D eigenvalue weighted by molar-refractivity contribution is -0.130. The largest absolute Gasteiger partial charge is 0.493 e. The van der Waals surface area contributed by atoms with Gasteiger partial charge >= 0.3 is 0 Å². The summed E-state index contributed by atoms with van der Waals surface area (Å²) >= 11 is 5.61. The van der Waals surface area contributed by atoms with Gasteiger partial charge in [0.25, 0.3) is 0 Å². The van der Waals surface area contributed by atoms with E-state index in [1.54, 1.807) is 14.2 Å². The van der Waals surface area contributed by atoms with Crippen molar-refractivity contribution in [3.63, 3.8) is 0 Å². The maximum Gasteiger partial charge on any atom is 0.237 e. The summed E-state index contributed by atoms with van der Waals surface area (Å²) in [5.74, 6) is 1.55. The van der Waals surface area contributed by atoms with Crippen LogP contribution in [0.1, 0.15) is 18.5 Å². The number of rotatable bonds is 5. The highest BCUT2D eigenvalue weighted by molar-refractivity contribution is 6.27. The number of carbonyl (C=O) groups excluding carboxylic acids is 1. The van der Waals surface area contributed by atoms with Crippen molar-refractivity contribution in [2.45, 2.75) is 13.0 Å². The standard InChI is InChI=1S/C16H23ClN2O3/c1-12(13-4-5-14(21-2)15(10-13)22-3)18-6-8-19(9-7-18)16(20)11-17/h4-5,10,12H,6-9,11H2,1-3H3. The quantitative estimate of drug-likeness (QED) is 0.778. The van der Waals surface area contributed by atoms with Crippen molar-refractivity contribution < 1.29 is 14.3 Å². The van der Waals surface area contributed by atoms with E-state index in [1.807, 2.05) is 17.0 Å². The van der Waals surface area contributed by atoms with E-state index in [9.17, 15) is 4.79 Å². The van der Waals surface area contributed by atoms with Gasteiger partial charge in [-0.2, -0.15) is 0 Å². The third-order valence-corrected chi connectivity index (χ3v) is 4.45. The van der Waals surface area contributed by atoms with Crippen molar-refractivity contribution in [1.29, 1.82) is 0 Å². The number of alkyl halides is 1. The Labute approximate surface area is 136 Å². The number of carbonyl (C=O) groups is 1. The lowest BCUT2D eigenvalue weighted by Crippen LogP contribution is -2.49. The summed E-state index contributed by atoms with van der Waals surface area (Å²) in [6.07, 6.45) is 0. The average molecular weight is 327 g/mol. The van der Waals surface area contributed by atoms with Gasteiger partial charge in [-0.3, -0.25) is 9.69 Å². The van der Waals surface area contributed by atoms with Crippen LogP contribution in [0.4, 0.5) is 0 Å². The van der Waals surface area contributed by atoms with Crippen LogP contribution < -0.4 is 9.47 Å². The van der Waals surface area contributed by atoms with Gasteiger partial charge in [0, 0.05) is 32.2 Å². The summed E-state index contributed by atoms with van der Waals surface area (Å²) < 4.78 is 10.6. The maximum absolute atomic E-state index is 11.6. The molecule has 1 atom stereocenters. The molecule has 1 aromatic carbocycles. The van der Waals surface area contributed by atoms with Crippen molar-refractivity contribution in [1.82, 2.24) is 9.80 Å². The van der Waals surface area contributed by atoms with Crippen LogP contribution >= 0.6 is 11.6 Å². The van der Waals surface area contributed by atoms with Crippen LogP contribution in [-0.2, 0) is 4.79 Å². The van der Waals surface area contributed by atoms with Gasteiger partial charge < -0.3 is 14.4 Å². The van der Waals surface area contributed by atoms with Crippen molar-refractivity contribution in [2.24, 2.45) is 0 Å². The van der Waals surface area contributed by atoms with E-state index in [-0.39, 0.29) is 17.8 Å². The molecule has 22 heavy (non-hydrogen) atoms. The molecule has 0 saturated carbocycles. The first-order valence-electron chi connectivity index (χ1n) is 7.40. The van der Waals surface area contributed by atoms with Gasteiger partial charge in [-0.25, -0.2) is 0 Å². The lowest BCUT2D eigenvalue weighted by atomic mass is 10.1. The first-order chi connectivity index (χ1) is 10.6. The van der Waals surface area contributed by atoms with Crippen LogP contribution in [0.25, 0.3) is 0 Å². The Hall–Kier alpha value is -1.46. The number of nitrogens with zero attached hydrogens (tertiary/aromatic N) is 2. The van der Waals surface area contributed by atoms with Crippen molar-refractivity contribution in [2.75, 3.05) is 46.3 Å². The Morgan fingerprint density at radius 2 is 1.82 bits per heavy atom. The Morgan fingerprint density at radius 3 is 2.36 bits per heavy atom. The first kappa shape index (κ1) is 16.9. The summed E-state index contributed by atoms with van der Waals surface area (Å²) in [7, 11) is 3.27. The predicted molar refractivity (Wildman–Crippen MR) is 86.8 cm³/mol. The fourth-order valence-electron chi connectivity index (χ4n) is 2.77. The topological polar surface area (TPSA) is 42.0 Å². The molecule has 122 valence electrons. The third kappa shape index (κ3) is 3.65. The summed E-state index contributed by atoms with van der Waals surface area (Å²) in [6, 6.07) is 6.26. The van der Waals surface area contributed by atoms with Gasteiger partial charge in [-0.15, -0.1) is 11.6 Å². The third-order valence-electron chi connectivity index (χ3n) is 4.22. The molecule has 1 aliphatic heterocycles. The number of methoxy groups -OCH3 is 2. The molecular formula is C16H23ClN2O3. The summed E-state index contributed by atoms with van der Waals surface area (Å²) in [5, 5.41) is 0. The van der Waals surface area contributed by atoms with Gasteiger partial charge in [-0.05, 0) is 24.6 Å². The van der Waals surface area contributed by atoms with E-state index in [4.69, 9.17) is 21.1 Å². The normalized spacial score (nSPS) is 17.2. The number of hydrogen-bond acceptors (Lipinski definition) is 4. The zero-order chi connectivity index (χ0) is 16.1. The van der Waals surface area contributed by atoms with E-state index in [1.165, 1.54) is 5.56 Å². The van der Waals surface area contributed by atoms with Gasteiger partial charge in [0.2, 0.25) is 5.91 Å². The first-order valence-corrected chi connectivity index (χ1v) is 7.93. The molecule has 0 radical (unpaired) electrons. The molecule has 2 rings (SSSR count). The van der Waals surface area contributed by atoms with Crippen molar-refractivity contribution in [3.8, 4) is 11.5 Å². The molecule has 1 unspecified atom stereocenters. The molecular weight excluding hydrogens is 304 g/mol. The molecule has 0 aliphatic carbocycles. The molecule has 1 amide bonds. The van der Waals surface area contributed by atoms with Gasteiger partial charge in [0.15, 0.2) is 11.5 Å². The van der Waals surface area contributed by atoms with Crippen LogP contribution in [-0.4, -0.2) is 62.0 Å². The Bertz CT molecular complexity index is 516. The minimum atomic E-state index is 0.0140. The maximum atomic E-state index is 11.6. The Morgan fingerprint density at radius 1 is 1.18 bits per heavy atom. The SMILES string of the molecule is COc1ccc(C(C)N2CCN(C(=O)CCl)CC2)cc1OC. The number of piperazine rings is 1. The van der Waals surface area contributed by atoms with E-state index < -0.39 is 0 Å². The Kier molecular flexibility index (Phi) is 5.91. The molecule has 0 spiro atoms. The van der Waals surface area contributed by atoms with Crippen molar-refractivity contribution >= 4 is 17.5 Å². The smallest absolute Gasteiger partial charge is 0.237 e. The molecule has 0 bridgehead atoms. The van der Waals surface area contributed by atoms with E-state index in [0.29, 0.717) is 0 Å². The molecule has 5 nitrogen and oxygen atoms in total. The minimum absolute atomic E-state index is 0.0140. The van der Waals surface area contributed by atoms with Crippen LogP contribution in [0.15, 0.2) is 18.2 Å².